The van der Waals surface area contributed by atoms with Crippen LogP contribution in [0.5, 0.6) is 0 Å². The third-order valence-electron chi connectivity index (χ3n) is 5.39. The first-order valence-corrected chi connectivity index (χ1v) is 7.27. The average molecular weight is 260 g/mol. The van der Waals surface area contributed by atoms with Crippen molar-refractivity contribution in [2.24, 2.45) is 22.9 Å². The van der Waals surface area contributed by atoms with Crippen LogP contribution in [0, 0.1) is 17.8 Å². The summed E-state index contributed by atoms with van der Waals surface area (Å²) in [6.45, 7) is 0. The fraction of sp³-hybridized carbons (Fsp3) is 0.714. The lowest BCUT2D eigenvalue weighted by Gasteiger charge is -2.41. The summed E-state index contributed by atoms with van der Waals surface area (Å²) >= 11 is 0. The molecule has 0 spiro atoms. The number of allylic oxidation sites excluding steroid dienone is 1. The van der Waals surface area contributed by atoms with Crippen molar-refractivity contribution < 1.29 is 4.79 Å². The molecule has 2 aliphatic heterocycles. The van der Waals surface area contributed by atoms with Crippen LogP contribution in [0.2, 0.25) is 0 Å². The molecule has 19 heavy (non-hydrogen) atoms. The number of hydrazone groups is 1. The minimum Gasteiger partial charge on any atom is -0.303 e. The van der Waals surface area contributed by atoms with Gasteiger partial charge in [-0.3, -0.25) is 9.80 Å². The highest BCUT2D eigenvalue weighted by Crippen LogP contribution is 2.48. The second-order valence-electron chi connectivity index (χ2n) is 6.22. The van der Waals surface area contributed by atoms with E-state index < -0.39 is 0 Å². The van der Waals surface area contributed by atoms with Gasteiger partial charge in [0, 0.05) is 25.2 Å². The molecule has 0 aromatic heterocycles. The Balaban J connectivity index is 1.72. The monoisotopic (exact) mass is 260 g/mol. The van der Waals surface area contributed by atoms with E-state index in [0.29, 0.717) is 23.9 Å². The molecule has 2 aliphatic carbocycles. The van der Waals surface area contributed by atoms with Crippen LogP contribution < -0.4 is 10.9 Å². The van der Waals surface area contributed by atoms with E-state index in [9.17, 15) is 4.79 Å². The molecule has 0 radical (unpaired) electrons. The number of hydrogen-bond donors (Lipinski definition) is 2. The van der Waals surface area contributed by atoms with E-state index in [1.807, 2.05) is 13.3 Å². The van der Waals surface area contributed by atoms with E-state index in [1.54, 1.807) is 5.01 Å². The molecule has 5 nitrogen and oxygen atoms in total. The lowest BCUT2D eigenvalue weighted by Crippen LogP contribution is -2.59. The van der Waals surface area contributed by atoms with Gasteiger partial charge < -0.3 is 5.43 Å². The Hall–Kier alpha value is -1.36. The van der Waals surface area contributed by atoms with E-state index in [4.69, 9.17) is 0 Å². The molecule has 102 valence electrons. The summed E-state index contributed by atoms with van der Waals surface area (Å²) in [5.74, 6) is 1.48. The van der Waals surface area contributed by atoms with Gasteiger partial charge in [-0.2, -0.15) is 5.10 Å². The van der Waals surface area contributed by atoms with E-state index >= 15 is 0 Å². The third kappa shape index (κ3) is 1.57. The number of carbonyl (C=O) groups is 1. The molecule has 5 atom stereocenters. The summed E-state index contributed by atoms with van der Waals surface area (Å²) in [6, 6.07) is 0.813. The van der Waals surface area contributed by atoms with E-state index in [-0.39, 0.29) is 11.8 Å². The first-order valence-electron chi connectivity index (χ1n) is 7.27. The molecule has 0 aromatic carbocycles. The Morgan fingerprint density at radius 3 is 3.16 bits per heavy atom. The summed E-state index contributed by atoms with van der Waals surface area (Å²) in [4.78, 5) is 12.4. The predicted octanol–water partition coefficient (Wildman–Crippen LogP) is 0.652. The largest absolute Gasteiger partial charge is 0.303 e. The van der Waals surface area contributed by atoms with Crippen molar-refractivity contribution in [3.8, 4) is 0 Å². The number of hydrogen-bond acceptors (Lipinski definition) is 4. The SMILES string of the molecule is CN1NC2CCC3C4NN=CC=C4CCC(C1=O)C23. The van der Waals surface area contributed by atoms with Gasteiger partial charge in [0.2, 0.25) is 5.91 Å². The van der Waals surface area contributed by atoms with Crippen molar-refractivity contribution in [3.63, 3.8) is 0 Å². The maximum atomic E-state index is 12.4. The van der Waals surface area contributed by atoms with Crippen molar-refractivity contribution in [3.05, 3.63) is 11.6 Å². The van der Waals surface area contributed by atoms with Gasteiger partial charge in [0.15, 0.2) is 0 Å². The second kappa shape index (κ2) is 4.07. The summed E-state index contributed by atoms with van der Waals surface area (Å²) < 4.78 is 0. The summed E-state index contributed by atoms with van der Waals surface area (Å²) in [7, 11) is 1.87. The molecule has 0 aromatic rings. The molecule has 4 aliphatic rings. The molecule has 2 heterocycles. The maximum absolute atomic E-state index is 12.4. The minimum absolute atomic E-state index is 0.192. The number of rotatable bonds is 0. The fourth-order valence-corrected chi connectivity index (χ4v) is 4.59. The van der Waals surface area contributed by atoms with E-state index in [0.717, 1.165) is 12.8 Å². The van der Waals surface area contributed by atoms with Crippen LogP contribution in [0.4, 0.5) is 0 Å². The Bertz CT molecular complexity index is 472. The van der Waals surface area contributed by atoms with Gasteiger partial charge >= 0.3 is 0 Å². The van der Waals surface area contributed by atoms with E-state index in [2.05, 4.69) is 22.0 Å². The Labute approximate surface area is 113 Å². The number of carbonyl (C=O) groups excluding carboxylic acids is 1. The molecule has 3 fully saturated rings. The molecular weight excluding hydrogens is 240 g/mol. The molecule has 4 rings (SSSR count). The number of amides is 1. The molecule has 1 amide bonds. The zero-order valence-electron chi connectivity index (χ0n) is 11.2. The first-order chi connectivity index (χ1) is 9.25. The van der Waals surface area contributed by atoms with Gasteiger partial charge in [-0.15, -0.1) is 0 Å². The normalized spacial score (nSPS) is 44.1. The van der Waals surface area contributed by atoms with Crippen LogP contribution >= 0.6 is 0 Å². The Morgan fingerprint density at radius 2 is 2.26 bits per heavy atom. The average Bonchev–Trinajstić information content (AvgIpc) is 2.75. The zero-order valence-corrected chi connectivity index (χ0v) is 11.2. The topological polar surface area (TPSA) is 56.7 Å². The fourth-order valence-electron chi connectivity index (χ4n) is 4.59. The van der Waals surface area contributed by atoms with Crippen LogP contribution in [-0.2, 0) is 4.79 Å². The standard InChI is InChI=1S/C14H20N4O/c1-18-14(19)10-3-2-8-6-7-15-16-13(8)9-4-5-11(17-18)12(9)10/h6-7,9-13,16-17H,2-5H2,1H3. The molecule has 2 saturated carbocycles. The van der Waals surface area contributed by atoms with Crippen molar-refractivity contribution in [1.82, 2.24) is 15.9 Å². The quantitative estimate of drug-likeness (QED) is 0.672. The molecule has 1 saturated heterocycles. The van der Waals surface area contributed by atoms with Crippen LogP contribution in [0.1, 0.15) is 25.7 Å². The number of nitrogens with one attached hydrogen (secondary N) is 2. The number of fused-ring (bicyclic) bond motifs is 2. The molecule has 5 heteroatoms. The smallest absolute Gasteiger partial charge is 0.239 e. The minimum atomic E-state index is 0.192. The lowest BCUT2D eigenvalue weighted by molar-refractivity contribution is -0.146. The Kier molecular flexibility index (Phi) is 2.45. The van der Waals surface area contributed by atoms with Crippen molar-refractivity contribution in [2.75, 3.05) is 7.05 Å². The molecular formula is C14H20N4O. The van der Waals surface area contributed by atoms with Gasteiger partial charge in [0.1, 0.15) is 0 Å². The van der Waals surface area contributed by atoms with E-state index in [1.165, 1.54) is 18.4 Å². The summed E-state index contributed by atoms with van der Waals surface area (Å²) in [6.07, 6.45) is 8.35. The van der Waals surface area contributed by atoms with Crippen LogP contribution in [-0.4, -0.2) is 36.3 Å². The highest BCUT2D eigenvalue weighted by Gasteiger charge is 2.52. The maximum Gasteiger partial charge on any atom is 0.239 e. The summed E-state index contributed by atoms with van der Waals surface area (Å²) in [5.41, 5.74) is 8.11. The first kappa shape index (κ1) is 11.5. The predicted molar refractivity (Wildman–Crippen MR) is 72.1 cm³/mol. The zero-order chi connectivity index (χ0) is 13.0. The number of nitrogens with zero attached hydrogens (tertiary/aromatic N) is 2. The van der Waals surface area contributed by atoms with Gasteiger partial charge in [0.05, 0.1) is 6.04 Å². The third-order valence-corrected chi connectivity index (χ3v) is 5.39. The summed E-state index contributed by atoms with van der Waals surface area (Å²) in [5, 5.41) is 5.95. The Morgan fingerprint density at radius 1 is 1.37 bits per heavy atom. The van der Waals surface area contributed by atoms with Crippen LogP contribution in [0.15, 0.2) is 16.8 Å². The molecule has 2 N–H and O–H groups in total. The van der Waals surface area contributed by atoms with Gasteiger partial charge in [-0.05, 0) is 49.2 Å². The number of hydrazine groups is 1. The van der Waals surface area contributed by atoms with Gasteiger partial charge in [0.25, 0.3) is 0 Å². The van der Waals surface area contributed by atoms with Gasteiger partial charge in [-0.1, -0.05) is 0 Å². The molecule has 5 unspecified atom stereocenters. The highest BCUT2D eigenvalue weighted by molar-refractivity contribution is 5.80. The van der Waals surface area contributed by atoms with Crippen LogP contribution in [0.25, 0.3) is 0 Å². The lowest BCUT2D eigenvalue weighted by atomic mass is 9.77. The van der Waals surface area contributed by atoms with Crippen molar-refractivity contribution in [1.29, 1.82) is 0 Å². The molecule has 0 bridgehead atoms. The second-order valence-corrected chi connectivity index (χ2v) is 6.22. The highest BCUT2D eigenvalue weighted by atomic mass is 16.2. The van der Waals surface area contributed by atoms with Gasteiger partial charge in [-0.25, -0.2) is 5.43 Å². The van der Waals surface area contributed by atoms with Crippen molar-refractivity contribution >= 4 is 12.1 Å². The van der Waals surface area contributed by atoms with Crippen LogP contribution in [0.3, 0.4) is 0 Å². The van der Waals surface area contributed by atoms with Crippen molar-refractivity contribution in [2.45, 2.75) is 37.8 Å².